The van der Waals surface area contributed by atoms with Crippen LogP contribution in [0.25, 0.3) is 0 Å². The molecule has 4 rings (SSSR count). The van der Waals surface area contributed by atoms with Crippen LogP contribution < -0.4 is 0 Å². The number of carbonyl (C=O) groups is 1. The molecule has 114 valence electrons. The summed E-state index contributed by atoms with van der Waals surface area (Å²) in [6.07, 6.45) is 11.9. The smallest absolute Gasteiger partial charge is 0.306 e. The molecule has 2 bridgehead atoms. The van der Waals surface area contributed by atoms with Crippen LogP contribution in [0.3, 0.4) is 0 Å². The van der Waals surface area contributed by atoms with Crippen LogP contribution in [-0.4, -0.2) is 26.5 Å². The molecule has 6 atom stereocenters. The van der Waals surface area contributed by atoms with E-state index in [1.807, 2.05) is 0 Å². The van der Waals surface area contributed by atoms with Crippen molar-refractivity contribution >= 4 is 14.3 Å². The topological polar surface area (TPSA) is 35.5 Å². The monoisotopic (exact) mass is 304 g/mol. The number of allylic oxidation sites excluding steroid dienone is 2. The lowest BCUT2D eigenvalue weighted by Crippen LogP contribution is -2.55. The van der Waals surface area contributed by atoms with Gasteiger partial charge in [0.1, 0.15) is 6.10 Å². The van der Waals surface area contributed by atoms with Gasteiger partial charge < -0.3 is 9.16 Å². The van der Waals surface area contributed by atoms with Crippen LogP contribution in [-0.2, 0) is 14.0 Å². The predicted octanol–water partition coefficient (Wildman–Crippen LogP) is 3.29. The molecule has 1 spiro atoms. The highest BCUT2D eigenvalue weighted by Gasteiger charge is 2.66. The van der Waals surface area contributed by atoms with E-state index in [0.29, 0.717) is 24.2 Å². The Kier molecular flexibility index (Phi) is 2.83. The number of hydrogen-bond donors (Lipinski definition) is 0. The van der Waals surface area contributed by atoms with Crippen molar-refractivity contribution in [1.29, 1.82) is 0 Å². The maximum atomic E-state index is 11.8. The van der Waals surface area contributed by atoms with Gasteiger partial charge in [-0.25, -0.2) is 0 Å². The Morgan fingerprint density at radius 2 is 2.10 bits per heavy atom. The summed E-state index contributed by atoms with van der Waals surface area (Å²) in [6.45, 7) is 6.78. The molecule has 1 saturated heterocycles. The van der Waals surface area contributed by atoms with Crippen LogP contribution in [0.2, 0.25) is 19.6 Å². The fourth-order valence-corrected chi connectivity index (χ4v) is 6.25. The zero-order valence-electron chi connectivity index (χ0n) is 13.0. The number of esters is 1. The first-order chi connectivity index (χ1) is 9.92. The third-order valence-electron chi connectivity index (χ3n) is 5.75. The molecule has 4 heteroatoms. The van der Waals surface area contributed by atoms with Crippen molar-refractivity contribution < 1.29 is 14.0 Å². The van der Waals surface area contributed by atoms with E-state index in [4.69, 9.17) is 9.16 Å². The van der Waals surface area contributed by atoms with Crippen molar-refractivity contribution in [3.63, 3.8) is 0 Å². The van der Waals surface area contributed by atoms with Gasteiger partial charge in [-0.2, -0.15) is 0 Å². The Labute approximate surface area is 127 Å². The Morgan fingerprint density at radius 1 is 1.29 bits per heavy atom. The van der Waals surface area contributed by atoms with Gasteiger partial charge in [0.05, 0.1) is 6.10 Å². The minimum atomic E-state index is -1.63. The van der Waals surface area contributed by atoms with Gasteiger partial charge in [0.15, 0.2) is 8.32 Å². The van der Waals surface area contributed by atoms with Gasteiger partial charge in [0.2, 0.25) is 0 Å². The molecule has 4 aliphatic rings. The first kappa shape index (κ1) is 13.8. The summed E-state index contributed by atoms with van der Waals surface area (Å²) in [5.74, 6) is 1.59. The van der Waals surface area contributed by atoms with Crippen LogP contribution in [0.1, 0.15) is 19.3 Å². The zero-order valence-corrected chi connectivity index (χ0v) is 14.0. The van der Waals surface area contributed by atoms with Gasteiger partial charge in [-0.1, -0.05) is 18.2 Å². The molecule has 3 nitrogen and oxygen atoms in total. The summed E-state index contributed by atoms with van der Waals surface area (Å²) in [5, 5.41) is 0. The fourth-order valence-electron chi connectivity index (χ4n) is 5.11. The molecule has 0 N–H and O–H groups in total. The molecule has 2 fully saturated rings. The predicted molar refractivity (Wildman–Crippen MR) is 83.1 cm³/mol. The van der Waals surface area contributed by atoms with E-state index in [9.17, 15) is 4.79 Å². The van der Waals surface area contributed by atoms with Crippen molar-refractivity contribution in [2.75, 3.05) is 0 Å². The fraction of sp³-hybridized carbons (Fsp3) is 0.706. The first-order valence-electron chi connectivity index (χ1n) is 8.14. The molecule has 1 saturated carbocycles. The van der Waals surface area contributed by atoms with Gasteiger partial charge >= 0.3 is 5.97 Å². The maximum absolute atomic E-state index is 11.8. The minimum absolute atomic E-state index is 0.00866. The average molecular weight is 304 g/mol. The third-order valence-corrected chi connectivity index (χ3v) is 6.71. The van der Waals surface area contributed by atoms with Crippen LogP contribution in [0, 0.1) is 23.2 Å². The van der Waals surface area contributed by atoms with Crippen molar-refractivity contribution in [1.82, 2.24) is 0 Å². The summed E-state index contributed by atoms with van der Waals surface area (Å²) < 4.78 is 12.4. The van der Waals surface area contributed by atoms with E-state index >= 15 is 0 Å². The SMILES string of the molecule is C[Si](C)(C)O[C@@H]1[C@H]2C=C[C@H]3OC(=O)CC[C@@]13[C@@H]1C=CC[C@H]21. The maximum Gasteiger partial charge on any atom is 0.306 e. The summed E-state index contributed by atoms with van der Waals surface area (Å²) in [5.41, 5.74) is -0.00866. The highest BCUT2D eigenvalue weighted by atomic mass is 28.4. The van der Waals surface area contributed by atoms with Crippen molar-refractivity contribution in [3.05, 3.63) is 24.3 Å². The average Bonchev–Trinajstić information content (AvgIpc) is 2.91. The number of rotatable bonds is 2. The van der Waals surface area contributed by atoms with Crippen LogP contribution in [0.15, 0.2) is 24.3 Å². The minimum Gasteiger partial charge on any atom is -0.457 e. The lowest BCUT2D eigenvalue weighted by Gasteiger charge is -2.49. The molecule has 1 heterocycles. The largest absolute Gasteiger partial charge is 0.457 e. The summed E-state index contributed by atoms with van der Waals surface area (Å²) in [4.78, 5) is 11.8. The molecule has 0 unspecified atom stereocenters. The molecule has 3 aliphatic carbocycles. The molecule has 0 amide bonds. The highest BCUT2D eigenvalue weighted by Crippen LogP contribution is 2.64. The van der Waals surface area contributed by atoms with E-state index in [-0.39, 0.29) is 23.6 Å². The number of carbonyl (C=O) groups excluding carboxylic acids is 1. The van der Waals surface area contributed by atoms with Gasteiger partial charge in [-0.05, 0) is 50.4 Å². The first-order valence-corrected chi connectivity index (χ1v) is 11.5. The lowest BCUT2D eigenvalue weighted by molar-refractivity contribution is -0.172. The molecule has 0 aromatic rings. The normalized spacial score (nSPS) is 47.2. The molecule has 0 radical (unpaired) electrons. The molecule has 0 aromatic carbocycles. The molecule has 1 aliphatic heterocycles. The van der Waals surface area contributed by atoms with Crippen molar-refractivity contribution in [2.24, 2.45) is 23.2 Å². The number of hydrogen-bond acceptors (Lipinski definition) is 3. The highest BCUT2D eigenvalue weighted by molar-refractivity contribution is 6.69. The van der Waals surface area contributed by atoms with Crippen molar-refractivity contribution in [2.45, 2.75) is 51.1 Å². The van der Waals surface area contributed by atoms with Gasteiger partial charge in [0.25, 0.3) is 0 Å². The Bertz CT molecular complexity index is 533. The summed E-state index contributed by atoms with van der Waals surface area (Å²) >= 11 is 0. The standard InChI is InChI=1S/C17H24O3Si/c1-21(2,3)20-16-12-7-8-14-17(16,10-9-15(18)19-14)13-6-4-5-11(12)13/h4,6-8,11-14,16H,5,9-10H2,1-3H3/t11-,12+,13-,14-,16-,17+/m1/s1. The molecular weight excluding hydrogens is 280 g/mol. The van der Waals surface area contributed by atoms with Crippen LogP contribution in [0.5, 0.6) is 0 Å². The molecular formula is C17H24O3Si. The van der Waals surface area contributed by atoms with Gasteiger partial charge in [0, 0.05) is 17.8 Å². The number of fused-ring (bicyclic) bond motifs is 3. The molecule has 21 heavy (non-hydrogen) atoms. The lowest BCUT2D eigenvalue weighted by atomic mass is 9.65. The van der Waals surface area contributed by atoms with Crippen LogP contribution in [0.4, 0.5) is 0 Å². The molecule has 0 aromatic heterocycles. The van der Waals surface area contributed by atoms with E-state index in [1.165, 1.54) is 0 Å². The summed E-state index contributed by atoms with van der Waals surface area (Å²) in [7, 11) is -1.63. The van der Waals surface area contributed by atoms with Crippen LogP contribution >= 0.6 is 0 Å². The quantitative estimate of drug-likeness (QED) is 0.446. The Hall–Kier alpha value is -0.873. The number of ether oxygens (including phenoxy) is 1. The second-order valence-electron chi connectivity index (χ2n) is 7.99. The van der Waals surface area contributed by atoms with E-state index in [0.717, 1.165) is 12.8 Å². The second kappa shape index (κ2) is 4.32. The Balaban J connectivity index is 1.79. The third kappa shape index (κ3) is 1.85. The second-order valence-corrected chi connectivity index (χ2v) is 12.4. The van der Waals surface area contributed by atoms with E-state index < -0.39 is 8.32 Å². The summed E-state index contributed by atoms with van der Waals surface area (Å²) in [6, 6.07) is 0. The van der Waals surface area contributed by atoms with Gasteiger partial charge in [-0.3, -0.25) is 4.79 Å². The van der Waals surface area contributed by atoms with Crippen molar-refractivity contribution in [3.8, 4) is 0 Å². The van der Waals surface area contributed by atoms with E-state index in [1.54, 1.807) is 0 Å². The van der Waals surface area contributed by atoms with E-state index in [2.05, 4.69) is 43.9 Å². The van der Waals surface area contributed by atoms with Gasteiger partial charge in [-0.15, -0.1) is 0 Å². The Morgan fingerprint density at radius 3 is 2.86 bits per heavy atom. The zero-order chi connectivity index (χ0) is 14.8.